The zero-order valence-corrected chi connectivity index (χ0v) is 10.5. The van der Waals surface area contributed by atoms with Gasteiger partial charge in [0, 0.05) is 5.56 Å². The van der Waals surface area contributed by atoms with Crippen LogP contribution >= 0.6 is 0 Å². The summed E-state index contributed by atoms with van der Waals surface area (Å²) in [5.74, 6) is 0.707. The second-order valence-corrected chi connectivity index (χ2v) is 4.97. The Balaban J connectivity index is 2.21. The molecule has 1 fully saturated rings. The van der Waals surface area contributed by atoms with Gasteiger partial charge in [-0.05, 0) is 30.7 Å². The highest BCUT2D eigenvalue weighted by molar-refractivity contribution is 6.01. The molecule has 0 saturated heterocycles. The summed E-state index contributed by atoms with van der Waals surface area (Å²) in [6.45, 7) is 2.06. The maximum Gasteiger partial charge on any atom is 0.179 e. The van der Waals surface area contributed by atoms with Crippen LogP contribution in [0.25, 0.3) is 0 Å². The quantitative estimate of drug-likeness (QED) is 0.790. The van der Waals surface area contributed by atoms with Crippen LogP contribution in [-0.4, -0.2) is 11.8 Å². The number of hydrogen-bond acceptors (Lipinski definition) is 2. The first kappa shape index (κ1) is 12.3. The summed E-state index contributed by atoms with van der Waals surface area (Å²) in [6.07, 6.45) is 5.45. The van der Waals surface area contributed by atoms with Gasteiger partial charge in [-0.25, -0.2) is 0 Å². The fourth-order valence-electron chi connectivity index (χ4n) is 2.44. The number of ketones is 1. The van der Waals surface area contributed by atoms with Crippen LogP contribution in [0.15, 0.2) is 24.3 Å². The second-order valence-electron chi connectivity index (χ2n) is 4.97. The van der Waals surface area contributed by atoms with Crippen molar-refractivity contribution in [2.75, 3.05) is 0 Å². The van der Waals surface area contributed by atoms with E-state index < -0.39 is 0 Å². The van der Waals surface area contributed by atoms with E-state index in [1.54, 1.807) is 0 Å². The van der Waals surface area contributed by atoms with Gasteiger partial charge < -0.3 is 5.73 Å². The third-order valence-corrected chi connectivity index (χ3v) is 3.71. The summed E-state index contributed by atoms with van der Waals surface area (Å²) in [4.78, 5) is 12.3. The van der Waals surface area contributed by atoms with Crippen molar-refractivity contribution in [2.45, 2.75) is 51.0 Å². The van der Waals surface area contributed by atoms with Crippen LogP contribution in [0.2, 0.25) is 0 Å². The predicted molar refractivity (Wildman–Crippen MR) is 70.2 cm³/mol. The van der Waals surface area contributed by atoms with E-state index in [0.717, 1.165) is 18.4 Å². The van der Waals surface area contributed by atoms with E-state index in [1.165, 1.54) is 24.8 Å². The molecule has 0 aliphatic heterocycles. The molecule has 2 heteroatoms. The molecule has 1 atom stereocenters. The minimum Gasteiger partial charge on any atom is -0.321 e. The molecule has 2 rings (SSSR count). The fourth-order valence-corrected chi connectivity index (χ4v) is 2.44. The smallest absolute Gasteiger partial charge is 0.179 e. The number of hydrogen-bond donors (Lipinski definition) is 1. The Morgan fingerprint density at radius 3 is 2.71 bits per heavy atom. The summed E-state index contributed by atoms with van der Waals surface area (Å²) >= 11 is 0. The van der Waals surface area contributed by atoms with Gasteiger partial charge in [0.15, 0.2) is 5.78 Å². The topological polar surface area (TPSA) is 43.1 Å². The van der Waals surface area contributed by atoms with E-state index in [9.17, 15) is 4.79 Å². The first-order chi connectivity index (χ1) is 8.24. The lowest BCUT2D eigenvalue weighted by molar-refractivity contribution is 0.0954. The number of rotatable bonds is 5. The van der Waals surface area contributed by atoms with E-state index in [1.807, 2.05) is 18.2 Å². The molecule has 0 spiro atoms. The minimum atomic E-state index is -0.332. The van der Waals surface area contributed by atoms with Crippen LogP contribution in [0.4, 0.5) is 0 Å². The van der Waals surface area contributed by atoms with Crippen LogP contribution in [-0.2, 0) is 0 Å². The summed E-state index contributed by atoms with van der Waals surface area (Å²) in [7, 11) is 0. The lowest BCUT2D eigenvalue weighted by Gasteiger charge is -2.28. The summed E-state index contributed by atoms with van der Waals surface area (Å²) in [6, 6.07) is 7.66. The second kappa shape index (κ2) is 5.46. The molecule has 2 nitrogen and oxygen atoms in total. The van der Waals surface area contributed by atoms with Crippen LogP contribution < -0.4 is 5.73 Å². The molecule has 0 heterocycles. The third-order valence-electron chi connectivity index (χ3n) is 3.71. The average Bonchev–Trinajstić information content (AvgIpc) is 2.27. The Morgan fingerprint density at radius 2 is 2.12 bits per heavy atom. The van der Waals surface area contributed by atoms with Gasteiger partial charge >= 0.3 is 0 Å². The monoisotopic (exact) mass is 231 g/mol. The normalized spacial score (nSPS) is 17.5. The first-order valence-electron chi connectivity index (χ1n) is 6.62. The molecule has 17 heavy (non-hydrogen) atoms. The summed E-state index contributed by atoms with van der Waals surface area (Å²) in [5.41, 5.74) is 8.02. The Morgan fingerprint density at radius 1 is 1.41 bits per heavy atom. The van der Waals surface area contributed by atoms with Gasteiger partial charge in [0.1, 0.15) is 0 Å². The molecule has 2 N–H and O–H groups in total. The van der Waals surface area contributed by atoms with Crippen molar-refractivity contribution in [1.82, 2.24) is 0 Å². The minimum absolute atomic E-state index is 0.120. The van der Waals surface area contributed by atoms with E-state index in [4.69, 9.17) is 5.73 Å². The molecule has 0 radical (unpaired) electrons. The highest BCUT2D eigenvalue weighted by Gasteiger charge is 2.25. The SMILES string of the molecule is CCCC(N)C(=O)c1ccccc1C1CCC1. The molecular formula is C15H21NO. The Hall–Kier alpha value is -1.15. The predicted octanol–water partition coefficient (Wildman–Crippen LogP) is 3.26. The maximum absolute atomic E-state index is 12.3. The molecule has 1 aliphatic rings. The number of Topliss-reactive ketones (excluding diaryl/α,β-unsaturated/α-hetero) is 1. The van der Waals surface area contributed by atoms with E-state index in [0.29, 0.717) is 5.92 Å². The van der Waals surface area contributed by atoms with Gasteiger partial charge in [0.05, 0.1) is 6.04 Å². The number of nitrogens with two attached hydrogens (primary N) is 1. The molecule has 1 aromatic carbocycles. The largest absolute Gasteiger partial charge is 0.321 e. The van der Waals surface area contributed by atoms with Crippen LogP contribution in [0.5, 0.6) is 0 Å². The first-order valence-corrected chi connectivity index (χ1v) is 6.62. The average molecular weight is 231 g/mol. The van der Waals surface area contributed by atoms with Crippen molar-refractivity contribution < 1.29 is 4.79 Å². The van der Waals surface area contributed by atoms with Crippen molar-refractivity contribution in [2.24, 2.45) is 5.73 Å². The van der Waals surface area contributed by atoms with E-state index in [-0.39, 0.29) is 11.8 Å². The maximum atomic E-state index is 12.3. The Bertz CT molecular complexity index is 396. The summed E-state index contributed by atoms with van der Waals surface area (Å²) in [5, 5.41) is 0. The highest BCUT2D eigenvalue weighted by Crippen LogP contribution is 2.38. The standard InChI is InChI=1S/C15H21NO/c1-2-6-14(16)15(17)13-10-4-3-9-12(13)11-7-5-8-11/h3-4,9-11,14H,2,5-8,16H2,1H3. The van der Waals surface area contributed by atoms with Gasteiger partial charge in [0.2, 0.25) is 0 Å². The van der Waals surface area contributed by atoms with Gasteiger partial charge in [-0.2, -0.15) is 0 Å². The molecule has 0 amide bonds. The molecule has 1 saturated carbocycles. The Kier molecular flexibility index (Phi) is 3.95. The zero-order valence-electron chi connectivity index (χ0n) is 10.5. The molecule has 0 aromatic heterocycles. The fraction of sp³-hybridized carbons (Fsp3) is 0.533. The lowest BCUT2D eigenvalue weighted by atomic mass is 9.77. The molecule has 1 aromatic rings. The van der Waals surface area contributed by atoms with Crippen LogP contribution in [0, 0.1) is 0 Å². The van der Waals surface area contributed by atoms with Crippen molar-refractivity contribution in [3.8, 4) is 0 Å². The highest BCUT2D eigenvalue weighted by atomic mass is 16.1. The summed E-state index contributed by atoms with van der Waals surface area (Å²) < 4.78 is 0. The van der Waals surface area contributed by atoms with E-state index in [2.05, 4.69) is 13.0 Å². The molecule has 92 valence electrons. The van der Waals surface area contributed by atoms with Gasteiger partial charge in [-0.1, -0.05) is 44.0 Å². The number of carbonyl (C=O) groups excluding carboxylic acids is 1. The molecular weight excluding hydrogens is 210 g/mol. The van der Waals surface area contributed by atoms with Gasteiger partial charge in [-0.15, -0.1) is 0 Å². The number of carbonyl (C=O) groups is 1. The Labute approximate surface area is 103 Å². The van der Waals surface area contributed by atoms with Crippen molar-refractivity contribution in [3.63, 3.8) is 0 Å². The van der Waals surface area contributed by atoms with Crippen molar-refractivity contribution in [1.29, 1.82) is 0 Å². The lowest BCUT2D eigenvalue weighted by Crippen LogP contribution is -2.31. The van der Waals surface area contributed by atoms with Crippen molar-refractivity contribution in [3.05, 3.63) is 35.4 Å². The zero-order chi connectivity index (χ0) is 12.3. The molecule has 1 unspecified atom stereocenters. The van der Waals surface area contributed by atoms with Gasteiger partial charge in [0.25, 0.3) is 0 Å². The van der Waals surface area contributed by atoms with Crippen LogP contribution in [0.3, 0.4) is 0 Å². The van der Waals surface area contributed by atoms with E-state index >= 15 is 0 Å². The molecule has 1 aliphatic carbocycles. The van der Waals surface area contributed by atoms with Crippen LogP contribution in [0.1, 0.15) is 60.9 Å². The third kappa shape index (κ3) is 2.58. The van der Waals surface area contributed by atoms with Crippen molar-refractivity contribution >= 4 is 5.78 Å². The number of benzene rings is 1. The molecule has 0 bridgehead atoms. The van der Waals surface area contributed by atoms with Gasteiger partial charge in [-0.3, -0.25) is 4.79 Å².